The molecule has 2 N–H and O–H groups in total. The summed E-state index contributed by atoms with van der Waals surface area (Å²) in [5.41, 5.74) is 9.15. The standard InChI is InChI=1S/C16H20ClN3/c1-12-5-3-8-15(19-12)11-20(2)16(10-18)13-6-4-7-14(17)9-13/h3-9,16H,10-11,18H2,1-2H3. The molecule has 0 fully saturated rings. The summed E-state index contributed by atoms with van der Waals surface area (Å²) in [6, 6.07) is 14.1. The van der Waals surface area contributed by atoms with E-state index in [1.165, 1.54) is 0 Å². The molecule has 0 saturated carbocycles. The van der Waals surface area contributed by atoms with Crippen molar-refractivity contribution in [1.82, 2.24) is 9.88 Å². The summed E-state index contributed by atoms with van der Waals surface area (Å²) in [5, 5.41) is 0.739. The fourth-order valence-corrected chi connectivity index (χ4v) is 2.54. The zero-order valence-electron chi connectivity index (χ0n) is 11.9. The third kappa shape index (κ3) is 3.79. The van der Waals surface area contributed by atoms with Crippen LogP contribution in [0.3, 0.4) is 0 Å². The lowest BCUT2D eigenvalue weighted by Gasteiger charge is -2.27. The van der Waals surface area contributed by atoms with Crippen molar-refractivity contribution in [1.29, 1.82) is 0 Å². The molecule has 4 heteroatoms. The second-order valence-corrected chi connectivity index (χ2v) is 5.43. The number of aryl methyl sites for hydroxylation is 1. The lowest BCUT2D eigenvalue weighted by Crippen LogP contribution is -2.30. The molecule has 0 spiro atoms. The van der Waals surface area contributed by atoms with Crippen LogP contribution in [-0.4, -0.2) is 23.5 Å². The molecular weight excluding hydrogens is 270 g/mol. The molecule has 0 saturated heterocycles. The molecule has 0 amide bonds. The second kappa shape index (κ2) is 6.84. The number of rotatable bonds is 5. The normalized spacial score (nSPS) is 12.7. The second-order valence-electron chi connectivity index (χ2n) is 4.99. The van der Waals surface area contributed by atoms with Gasteiger partial charge in [-0.25, -0.2) is 0 Å². The molecule has 2 aromatic rings. The average Bonchev–Trinajstić information content (AvgIpc) is 2.39. The quantitative estimate of drug-likeness (QED) is 0.919. The maximum absolute atomic E-state index is 6.06. The van der Waals surface area contributed by atoms with Gasteiger partial charge in [-0.2, -0.15) is 0 Å². The fraction of sp³-hybridized carbons (Fsp3) is 0.312. The van der Waals surface area contributed by atoms with Crippen LogP contribution >= 0.6 is 11.6 Å². The Balaban J connectivity index is 2.15. The van der Waals surface area contributed by atoms with Crippen LogP contribution in [0.15, 0.2) is 42.5 Å². The van der Waals surface area contributed by atoms with Gasteiger partial charge in [0.2, 0.25) is 0 Å². The molecule has 3 nitrogen and oxygen atoms in total. The topological polar surface area (TPSA) is 42.1 Å². The first kappa shape index (κ1) is 15.0. The SMILES string of the molecule is Cc1cccc(CN(C)C(CN)c2cccc(Cl)c2)n1. The van der Waals surface area contributed by atoms with E-state index in [1.807, 2.05) is 43.3 Å². The van der Waals surface area contributed by atoms with E-state index in [4.69, 9.17) is 17.3 Å². The van der Waals surface area contributed by atoms with E-state index in [2.05, 4.69) is 23.0 Å². The summed E-state index contributed by atoms with van der Waals surface area (Å²) < 4.78 is 0. The van der Waals surface area contributed by atoms with Crippen molar-refractivity contribution in [3.63, 3.8) is 0 Å². The summed E-state index contributed by atoms with van der Waals surface area (Å²) in [6.45, 7) is 3.31. The maximum Gasteiger partial charge on any atom is 0.0547 e. The van der Waals surface area contributed by atoms with Crippen LogP contribution in [0.2, 0.25) is 5.02 Å². The van der Waals surface area contributed by atoms with E-state index < -0.39 is 0 Å². The van der Waals surface area contributed by atoms with Crippen LogP contribution in [0.25, 0.3) is 0 Å². The largest absolute Gasteiger partial charge is 0.329 e. The van der Waals surface area contributed by atoms with E-state index in [0.717, 1.165) is 28.5 Å². The van der Waals surface area contributed by atoms with E-state index in [-0.39, 0.29) is 6.04 Å². The zero-order chi connectivity index (χ0) is 14.5. The van der Waals surface area contributed by atoms with Gasteiger partial charge < -0.3 is 5.73 Å². The molecule has 0 aliphatic heterocycles. The van der Waals surface area contributed by atoms with Gasteiger partial charge in [0.25, 0.3) is 0 Å². The van der Waals surface area contributed by atoms with Crippen molar-refractivity contribution >= 4 is 11.6 Å². The number of hydrogen-bond acceptors (Lipinski definition) is 3. The number of nitrogens with two attached hydrogens (primary N) is 1. The molecule has 0 aliphatic carbocycles. The summed E-state index contributed by atoms with van der Waals surface area (Å²) >= 11 is 6.06. The zero-order valence-corrected chi connectivity index (χ0v) is 12.6. The van der Waals surface area contributed by atoms with Gasteiger partial charge in [-0.05, 0) is 43.8 Å². The van der Waals surface area contributed by atoms with Gasteiger partial charge >= 0.3 is 0 Å². The average molecular weight is 290 g/mol. The monoisotopic (exact) mass is 289 g/mol. The van der Waals surface area contributed by atoms with Gasteiger partial charge in [-0.1, -0.05) is 29.8 Å². The van der Waals surface area contributed by atoms with Gasteiger partial charge in [0, 0.05) is 29.8 Å². The number of pyridine rings is 1. The fourth-order valence-electron chi connectivity index (χ4n) is 2.34. The van der Waals surface area contributed by atoms with Crippen LogP contribution in [-0.2, 0) is 6.54 Å². The minimum absolute atomic E-state index is 0.135. The Bertz CT molecular complexity index is 571. The molecule has 1 atom stereocenters. The van der Waals surface area contributed by atoms with E-state index in [1.54, 1.807) is 0 Å². The predicted molar refractivity (Wildman–Crippen MR) is 83.7 cm³/mol. The highest BCUT2D eigenvalue weighted by Crippen LogP contribution is 2.22. The molecule has 0 radical (unpaired) electrons. The minimum Gasteiger partial charge on any atom is -0.329 e. The lowest BCUT2D eigenvalue weighted by atomic mass is 10.1. The number of likely N-dealkylation sites (N-methyl/N-ethyl adjacent to an activating group) is 1. The highest BCUT2D eigenvalue weighted by molar-refractivity contribution is 6.30. The van der Waals surface area contributed by atoms with Gasteiger partial charge in [0.05, 0.1) is 5.69 Å². The molecule has 1 unspecified atom stereocenters. The summed E-state index contributed by atoms with van der Waals surface area (Å²) in [5.74, 6) is 0. The maximum atomic E-state index is 6.06. The first-order chi connectivity index (χ1) is 9.60. The van der Waals surface area contributed by atoms with Gasteiger partial charge in [0.15, 0.2) is 0 Å². The minimum atomic E-state index is 0.135. The third-order valence-electron chi connectivity index (χ3n) is 3.35. The Morgan fingerprint density at radius 3 is 2.65 bits per heavy atom. The van der Waals surface area contributed by atoms with Crippen molar-refractivity contribution in [2.75, 3.05) is 13.6 Å². The molecule has 106 valence electrons. The molecule has 0 aliphatic rings. The molecule has 0 bridgehead atoms. The molecule has 1 aromatic carbocycles. The Morgan fingerprint density at radius 2 is 2.00 bits per heavy atom. The number of aromatic nitrogens is 1. The van der Waals surface area contributed by atoms with E-state index in [9.17, 15) is 0 Å². The van der Waals surface area contributed by atoms with Crippen molar-refractivity contribution in [3.05, 3.63) is 64.4 Å². The number of nitrogens with zero attached hydrogens (tertiary/aromatic N) is 2. The Kier molecular flexibility index (Phi) is 5.12. The van der Waals surface area contributed by atoms with Crippen LogP contribution in [0.5, 0.6) is 0 Å². The van der Waals surface area contributed by atoms with Crippen LogP contribution in [0, 0.1) is 6.92 Å². The number of halogens is 1. The van der Waals surface area contributed by atoms with Gasteiger partial charge in [0.1, 0.15) is 0 Å². The lowest BCUT2D eigenvalue weighted by molar-refractivity contribution is 0.239. The van der Waals surface area contributed by atoms with Crippen molar-refractivity contribution in [2.24, 2.45) is 5.73 Å². The summed E-state index contributed by atoms with van der Waals surface area (Å²) in [7, 11) is 2.06. The number of benzene rings is 1. The van der Waals surface area contributed by atoms with E-state index >= 15 is 0 Å². The van der Waals surface area contributed by atoms with Gasteiger partial charge in [-0.15, -0.1) is 0 Å². The van der Waals surface area contributed by atoms with Crippen LogP contribution < -0.4 is 5.73 Å². The number of hydrogen-bond donors (Lipinski definition) is 1. The Morgan fingerprint density at radius 1 is 1.25 bits per heavy atom. The summed E-state index contributed by atoms with van der Waals surface area (Å²) in [4.78, 5) is 6.73. The summed E-state index contributed by atoms with van der Waals surface area (Å²) in [6.07, 6.45) is 0. The third-order valence-corrected chi connectivity index (χ3v) is 3.58. The Hall–Kier alpha value is -1.42. The smallest absolute Gasteiger partial charge is 0.0547 e. The van der Waals surface area contributed by atoms with Gasteiger partial charge in [-0.3, -0.25) is 9.88 Å². The van der Waals surface area contributed by atoms with Crippen molar-refractivity contribution in [2.45, 2.75) is 19.5 Å². The van der Waals surface area contributed by atoms with E-state index in [0.29, 0.717) is 6.54 Å². The molecule has 1 heterocycles. The van der Waals surface area contributed by atoms with Crippen LogP contribution in [0.4, 0.5) is 0 Å². The van der Waals surface area contributed by atoms with Crippen molar-refractivity contribution < 1.29 is 0 Å². The highest BCUT2D eigenvalue weighted by atomic mass is 35.5. The molecular formula is C16H20ClN3. The first-order valence-corrected chi connectivity index (χ1v) is 7.06. The Labute approximate surface area is 125 Å². The first-order valence-electron chi connectivity index (χ1n) is 6.68. The van der Waals surface area contributed by atoms with Crippen LogP contribution in [0.1, 0.15) is 23.0 Å². The highest BCUT2D eigenvalue weighted by Gasteiger charge is 2.16. The van der Waals surface area contributed by atoms with Crippen molar-refractivity contribution in [3.8, 4) is 0 Å². The predicted octanol–water partition coefficient (Wildman–Crippen LogP) is 3.18. The molecule has 20 heavy (non-hydrogen) atoms. The molecule has 1 aromatic heterocycles. The molecule has 2 rings (SSSR count).